The Morgan fingerprint density at radius 2 is 2.06 bits per heavy atom. The molecule has 3 heteroatoms. The molecular weight excluding hydrogens is 217 g/mol. The van der Waals surface area contributed by atoms with Crippen LogP contribution in [-0.2, 0) is 4.79 Å². The number of hydrogen-bond donors (Lipinski definition) is 0. The van der Waals surface area contributed by atoms with Gasteiger partial charge in [-0.25, -0.2) is 4.39 Å². The summed E-state index contributed by atoms with van der Waals surface area (Å²) in [4.78, 5) is 13.4. The Balaban J connectivity index is 2.13. The van der Waals surface area contributed by atoms with E-state index in [9.17, 15) is 9.18 Å². The predicted molar refractivity (Wildman–Crippen MR) is 66.7 cm³/mol. The number of Topliss-reactive ketones (excluding diaryl/α,β-unsaturated/α-hetero) is 1. The molecule has 17 heavy (non-hydrogen) atoms. The van der Waals surface area contributed by atoms with Crippen LogP contribution in [0, 0.1) is 5.82 Å². The van der Waals surface area contributed by atoms with E-state index in [4.69, 9.17) is 0 Å². The van der Waals surface area contributed by atoms with E-state index in [0.29, 0.717) is 24.7 Å². The van der Waals surface area contributed by atoms with Crippen LogP contribution in [0.3, 0.4) is 0 Å². The van der Waals surface area contributed by atoms with Gasteiger partial charge in [-0.3, -0.25) is 4.79 Å². The van der Waals surface area contributed by atoms with Crippen LogP contribution in [0.1, 0.15) is 32.6 Å². The average Bonchev–Trinajstić information content (AvgIpc) is 2.33. The van der Waals surface area contributed by atoms with Crippen LogP contribution in [0.5, 0.6) is 0 Å². The molecule has 0 unspecified atom stereocenters. The van der Waals surface area contributed by atoms with Crippen molar-refractivity contribution in [3.05, 3.63) is 30.1 Å². The number of benzene rings is 1. The summed E-state index contributed by atoms with van der Waals surface area (Å²) in [6, 6.07) is 7.07. The third-order valence-electron chi connectivity index (χ3n) is 3.43. The van der Waals surface area contributed by atoms with Crippen LogP contribution in [0.25, 0.3) is 0 Å². The molecule has 92 valence electrons. The maximum Gasteiger partial charge on any atom is 0.133 e. The maximum absolute atomic E-state index is 13.2. The molecular formula is C14H18FNO. The van der Waals surface area contributed by atoms with Crippen molar-refractivity contribution in [2.75, 3.05) is 11.4 Å². The summed E-state index contributed by atoms with van der Waals surface area (Å²) in [7, 11) is 0. The molecule has 1 aliphatic rings. The van der Waals surface area contributed by atoms with Crippen LogP contribution < -0.4 is 4.90 Å². The lowest BCUT2D eigenvalue weighted by atomic mass is 9.93. The Morgan fingerprint density at radius 3 is 2.65 bits per heavy atom. The number of nitrogens with zero attached hydrogens (tertiary/aromatic N) is 1. The smallest absolute Gasteiger partial charge is 0.133 e. The van der Waals surface area contributed by atoms with E-state index in [1.807, 2.05) is 6.07 Å². The number of carbonyl (C=O) groups is 1. The molecule has 1 fully saturated rings. The van der Waals surface area contributed by atoms with Gasteiger partial charge in [0.2, 0.25) is 0 Å². The molecule has 0 radical (unpaired) electrons. The summed E-state index contributed by atoms with van der Waals surface area (Å²) in [6.07, 6.45) is 3.11. The highest BCUT2D eigenvalue weighted by Crippen LogP contribution is 2.26. The molecule has 1 aliphatic carbocycles. The Labute approximate surface area is 101 Å². The van der Waals surface area contributed by atoms with E-state index in [-0.39, 0.29) is 5.82 Å². The first-order chi connectivity index (χ1) is 8.20. The number of anilines is 1. The fraction of sp³-hybridized carbons (Fsp3) is 0.500. The van der Waals surface area contributed by atoms with Crippen molar-refractivity contribution in [3.63, 3.8) is 0 Å². The molecule has 0 saturated heterocycles. The van der Waals surface area contributed by atoms with Gasteiger partial charge >= 0.3 is 0 Å². The van der Waals surface area contributed by atoms with Crippen molar-refractivity contribution in [2.24, 2.45) is 0 Å². The van der Waals surface area contributed by atoms with Gasteiger partial charge in [-0.15, -0.1) is 0 Å². The number of halogens is 1. The van der Waals surface area contributed by atoms with Crippen molar-refractivity contribution in [1.29, 1.82) is 0 Å². The lowest BCUT2D eigenvalue weighted by Crippen LogP contribution is -2.38. The quantitative estimate of drug-likeness (QED) is 0.802. The second kappa shape index (κ2) is 5.30. The van der Waals surface area contributed by atoms with E-state index in [1.54, 1.807) is 12.1 Å². The highest BCUT2D eigenvalue weighted by atomic mass is 19.1. The standard InChI is InChI=1S/C14H18FNO/c1-2-16(12-6-8-14(17)9-7-12)13-5-3-4-11(15)10-13/h3-5,10,12H,2,6-9H2,1H3. The van der Waals surface area contributed by atoms with Crippen LogP contribution in [0.15, 0.2) is 24.3 Å². The summed E-state index contributed by atoms with van der Waals surface area (Å²) >= 11 is 0. The third-order valence-corrected chi connectivity index (χ3v) is 3.43. The Hall–Kier alpha value is -1.38. The SMILES string of the molecule is CCN(c1cccc(F)c1)C1CCC(=O)CC1. The lowest BCUT2D eigenvalue weighted by Gasteiger charge is -2.35. The van der Waals surface area contributed by atoms with E-state index < -0.39 is 0 Å². The van der Waals surface area contributed by atoms with Gasteiger partial charge in [0.05, 0.1) is 0 Å². The zero-order valence-corrected chi connectivity index (χ0v) is 10.2. The number of hydrogen-bond acceptors (Lipinski definition) is 2. The fourth-order valence-electron chi connectivity index (χ4n) is 2.54. The molecule has 0 aromatic heterocycles. The van der Waals surface area contributed by atoms with Gasteiger partial charge < -0.3 is 4.90 Å². The zero-order valence-electron chi connectivity index (χ0n) is 10.2. The molecule has 0 heterocycles. The van der Waals surface area contributed by atoms with Gasteiger partial charge in [-0.05, 0) is 38.0 Å². The molecule has 2 rings (SSSR count). The molecule has 1 saturated carbocycles. The molecule has 0 aliphatic heterocycles. The van der Waals surface area contributed by atoms with Crippen molar-refractivity contribution in [2.45, 2.75) is 38.6 Å². The first-order valence-electron chi connectivity index (χ1n) is 6.24. The van der Waals surface area contributed by atoms with Crippen LogP contribution in [0.2, 0.25) is 0 Å². The fourth-order valence-corrected chi connectivity index (χ4v) is 2.54. The molecule has 2 nitrogen and oxygen atoms in total. The third kappa shape index (κ3) is 2.84. The number of rotatable bonds is 3. The summed E-state index contributed by atoms with van der Waals surface area (Å²) < 4.78 is 13.2. The first kappa shape index (κ1) is 12.1. The normalized spacial score (nSPS) is 17.2. The van der Waals surface area contributed by atoms with Crippen LogP contribution >= 0.6 is 0 Å². The minimum absolute atomic E-state index is 0.201. The summed E-state index contributed by atoms with van der Waals surface area (Å²) in [6.45, 7) is 2.92. The highest BCUT2D eigenvalue weighted by molar-refractivity contribution is 5.79. The lowest BCUT2D eigenvalue weighted by molar-refractivity contribution is -0.120. The number of carbonyl (C=O) groups excluding carboxylic acids is 1. The first-order valence-corrected chi connectivity index (χ1v) is 6.24. The van der Waals surface area contributed by atoms with Crippen LogP contribution in [-0.4, -0.2) is 18.4 Å². The summed E-state index contributed by atoms with van der Waals surface area (Å²) in [5.41, 5.74) is 0.923. The molecule has 0 atom stereocenters. The zero-order chi connectivity index (χ0) is 12.3. The van der Waals surface area contributed by atoms with Crippen molar-refractivity contribution in [1.82, 2.24) is 0 Å². The van der Waals surface area contributed by atoms with E-state index in [0.717, 1.165) is 25.1 Å². The largest absolute Gasteiger partial charge is 0.369 e. The molecule has 0 bridgehead atoms. The second-order valence-corrected chi connectivity index (χ2v) is 4.54. The molecule has 0 amide bonds. The van der Waals surface area contributed by atoms with Gasteiger partial charge in [-0.2, -0.15) is 0 Å². The molecule has 1 aromatic rings. The van der Waals surface area contributed by atoms with Crippen molar-refractivity contribution in [3.8, 4) is 0 Å². The van der Waals surface area contributed by atoms with Crippen LogP contribution in [0.4, 0.5) is 10.1 Å². The molecule has 1 aromatic carbocycles. The van der Waals surface area contributed by atoms with E-state index in [2.05, 4.69) is 11.8 Å². The average molecular weight is 235 g/mol. The predicted octanol–water partition coefficient (Wildman–Crippen LogP) is 3.16. The van der Waals surface area contributed by atoms with Crippen molar-refractivity contribution < 1.29 is 9.18 Å². The Kier molecular flexibility index (Phi) is 3.77. The van der Waals surface area contributed by atoms with E-state index >= 15 is 0 Å². The topological polar surface area (TPSA) is 20.3 Å². The molecule has 0 N–H and O–H groups in total. The monoisotopic (exact) mass is 235 g/mol. The summed E-state index contributed by atoms with van der Waals surface area (Å²) in [5.74, 6) is 0.157. The van der Waals surface area contributed by atoms with Gasteiger partial charge in [0.1, 0.15) is 11.6 Å². The van der Waals surface area contributed by atoms with Gasteiger partial charge in [-0.1, -0.05) is 6.07 Å². The van der Waals surface area contributed by atoms with Crippen molar-refractivity contribution >= 4 is 11.5 Å². The van der Waals surface area contributed by atoms with Gasteiger partial charge in [0.25, 0.3) is 0 Å². The highest BCUT2D eigenvalue weighted by Gasteiger charge is 2.23. The maximum atomic E-state index is 13.2. The minimum Gasteiger partial charge on any atom is -0.369 e. The Morgan fingerprint density at radius 1 is 1.35 bits per heavy atom. The minimum atomic E-state index is -0.201. The van der Waals surface area contributed by atoms with Gasteiger partial charge in [0.15, 0.2) is 0 Å². The van der Waals surface area contributed by atoms with E-state index in [1.165, 1.54) is 6.07 Å². The second-order valence-electron chi connectivity index (χ2n) is 4.54. The van der Waals surface area contributed by atoms with Gasteiger partial charge in [0, 0.05) is 31.1 Å². The molecule has 0 spiro atoms. The number of ketones is 1. The Bertz CT molecular complexity index is 395. The summed E-state index contributed by atoms with van der Waals surface area (Å²) in [5, 5.41) is 0.